The van der Waals surface area contributed by atoms with Gasteiger partial charge in [0.15, 0.2) is 18.1 Å². The topological polar surface area (TPSA) is 118 Å². The van der Waals surface area contributed by atoms with Crippen LogP contribution in [-0.2, 0) is 26.7 Å². The lowest BCUT2D eigenvalue weighted by atomic mass is 9.68. The number of aromatic amines is 1. The lowest BCUT2D eigenvalue weighted by molar-refractivity contribution is -0.138. The summed E-state index contributed by atoms with van der Waals surface area (Å²) in [5.41, 5.74) is -1.83. The number of thioether (sulfide) groups is 1. The fourth-order valence-corrected chi connectivity index (χ4v) is 11.6. The van der Waals surface area contributed by atoms with Gasteiger partial charge in [0, 0.05) is 21.7 Å². The molecule has 282 valence electrons. The first kappa shape index (κ1) is 36.2. The Kier molecular flexibility index (Phi) is 8.86. The van der Waals surface area contributed by atoms with E-state index in [1.54, 1.807) is 25.1 Å². The molecule has 54 heavy (non-hydrogen) atoms. The lowest BCUT2D eigenvalue weighted by Crippen LogP contribution is -2.42. The number of carbonyl (C=O) groups excluding carboxylic acids is 3. The maximum Gasteiger partial charge on any atom is 0.418 e. The van der Waals surface area contributed by atoms with Crippen LogP contribution in [0.15, 0.2) is 76.6 Å². The van der Waals surface area contributed by atoms with Gasteiger partial charge < -0.3 is 19.8 Å². The summed E-state index contributed by atoms with van der Waals surface area (Å²) in [6.07, 6.45) is -8.87. The highest BCUT2D eigenvalue weighted by Crippen LogP contribution is 2.69. The van der Waals surface area contributed by atoms with E-state index >= 15 is 0 Å². The second-order valence-electron chi connectivity index (χ2n) is 13.5. The van der Waals surface area contributed by atoms with Gasteiger partial charge in [0.1, 0.15) is 0 Å². The van der Waals surface area contributed by atoms with Crippen LogP contribution in [0.4, 0.5) is 37.7 Å². The average molecular weight is 790 g/mol. The molecule has 1 aromatic heterocycles. The van der Waals surface area contributed by atoms with E-state index in [0.29, 0.717) is 21.9 Å². The van der Waals surface area contributed by atoms with Crippen LogP contribution >= 0.6 is 23.1 Å². The number of fused-ring (bicyclic) bond motifs is 9. The van der Waals surface area contributed by atoms with E-state index in [9.17, 15) is 45.5 Å². The van der Waals surface area contributed by atoms with E-state index in [-0.39, 0.29) is 51.7 Å². The molecule has 0 unspecified atom stereocenters. The minimum atomic E-state index is -4.79. The zero-order valence-electron chi connectivity index (χ0n) is 28.0. The predicted molar refractivity (Wildman–Crippen MR) is 186 cm³/mol. The molecule has 2 aliphatic carbocycles. The number of aromatic nitrogens is 1. The molecule has 3 heterocycles. The first-order valence-corrected chi connectivity index (χ1v) is 18.7. The Balaban J connectivity index is 1.09. The van der Waals surface area contributed by atoms with Crippen LogP contribution in [0.3, 0.4) is 0 Å². The van der Waals surface area contributed by atoms with Gasteiger partial charge in [-0.2, -0.15) is 26.3 Å². The maximum atomic E-state index is 14.1. The van der Waals surface area contributed by atoms with Gasteiger partial charge in [0.2, 0.25) is 11.8 Å². The maximum absolute atomic E-state index is 14.1. The third kappa shape index (κ3) is 6.04. The van der Waals surface area contributed by atoms with Crippen molar-refractivity contribution in [2.45, 2.75) is 41.9 Å². The van der Waals surface area contributed by atoms with Crippen molar-refractivity contribution in [3.8, 4) is 11.5 Å². The SMILES string of the molecule is CCOc1cc([C@@H]2c3sc(=O)[nH]c3S[C@@H]3[C@@H]4C[C@@H]([C@@H]5C(=O)N(c6ccccc6C(F)(F)F)C(=O)[C@@H]45)[C@H]23)ccc1OCC(=O)Nc1cccc(C(F)(F)F)c1. The largest absolute Gasteiger partial charge is 0.490 e. The van der Waals surface area contributed by atoms with Crippen molar-refractivity contribution >= 4 is 52.2 Å². The molecule has 4 aromatic rings. The Bertz CT molecular complexity index is 2240. The third-order valence-electron chi connectivity index (χ3n) is 10.6. The first-order valence-electron chi connectivity index (χ1n) is 17.0. The van der Waals surface area contributed by atoms with E-state index in [1.165, 1.54) is 36.0 Å². The predicted octanol–water partition coefficient (Wildman–Crippen LogP) is 7.57. The summed E-state index contributed by atoms with van der Waals surface area (Å²) in [6.45, 7) is 1.38. The standard InChI is InChI=1S/C37H29F6N3O6S2/c1-2-51-24-12-16(10-11-23(24)52-15-25(47)44-18-7-5-6-17(13-18)36(38,39)40)26-27-19-14-20(30(27)53-32-31(26)54-35(50)45-32)29-28(19)33(48)46(34(29)49)22-9-4-3-8-21(22)37(41,42)43/h3-13,19-20,26-30H,2,14-15H2,1H3,(H,44,47)(H,45,50)/t19-,20-,26+,27-,28+,29+,30-/m1/s1. The van der Waals surface area contributed by atoms with Crippen molar-refractivity contribution in [1.29, 1.82) is 0 Å². The molecule has 2 N–H and O–H groups in total. The number of H-pyrrole nitrogens is 1. The minimum Gasteiger partial charge on any atom is -0.490 e. The van der Waals surface area contributed by atoms with Gasteiger partial charge in [-0.1, -0.05) is 35.6 Å². The minimum absolute atomic E-state index is 0.0620. The van der Waals surface area contributed by atoms with Crippen molar-refractivity contribution in [1.82, 2.24) is 4.98 Å². The molecular formula is C37H29F6N3O6S2. The molecule has 2 aliphatic heterocycles. The number of ether oxygens (including phenoxy) is 2. The number of thiazole rings is 1. The quantitative estimate of drug-likeness (QED) is 0.140. The summed E-state index contributed by atoms with van der Waals surface area (Å²) in [5.74, 6) is -4.67. The molecule has 3 fully saturated rings. The van der Waals surface area contributed by atoms with E-state index in [4.69, 9.17) is 9.47 Å². The molecule has 17 heteroatoms. The van der Waals surface area contributed by atoms with Gasteiger partial charge in [-0.15, -0.1) is 11.8 Å². The molecule has 1 saturated heterocycles. The number of amides is 3. The molecule has 8 rings (SSSR count). The van der Waals surface area contributed by atoms with Crippen LogP contribution < -0.4 is 24.6 Å². The molecule has 2 bridgehead atoms. The average Bonchev–Trinajstić information content (AvgIpc) is 3.86. The van der Waals surface area contributed by atoms with Crippen molar-refractivity contribution in [2.75, 3.05) is 23.4 Å². The Morgan fingerprint density at radius 3 is 2.35 bits per heavy atom. The van der Waals surface area contributed by atoms with Gasteiger partial charge >= 0.3 is 17.2 Å². The van der Waals surface area contributed by atoms with Crippen LogP contribution in [0.2, 0.25) is 0 Å². The Hall–Kier alpha value is -4.77. The van der Waals surface area contributed by atoms with Crippen molar-refractivity contribution < 1.29 is 50.2 Å². The molecule has 2 saturated carbocycles. The van der Waals surface area contributed by atoms with Gasteiger partial charge in [-0.25, -0.2) is 4.90 Å². The number of anilines is 2. The summed E-state index contributed by atoms with van der Waals surface area (Å²) in [5, 5.41) is 2.78. The normalized spacial score (nSPS) is 25.7. The Morgan fingerprint density at radius 2 is 1.63 bits per heavy atom. The molecule has 7 atom stereocenters. The summed E-state index contributed by atoms with van der Waals surface area (Å²) < 4.78 is 93.2. The zero-order valence-corrected chi connectivity index (χ0v) is 29.6. The highest BCUT2D eigenvalue weighted by molar-refractivity contribution is 8.00. The van der Waals surface area contributed by atoms with Crippen LogP contribution in [0.5, 0.6) is 11.5 Å². The summed E-state index contributed by atoms with van der Waals surface area (Å²) in [4.78, 5) is 57.5. The number of rotatable bonds is 8. The van der Waals surface area contributed by atoms with Gasteiger partial charge in [-0.3, -0.25) is 19.2 Å². The number of nitrogens with one attached hydrogen (secondary N) is 2. The van der Waals surface area contributed by atoms with E-state index < -0.39 is 71.2 Å². The number of alkyl halides is 6. The zero-order chi connectivity index (χ0) is 38.3. The van der Waals surface area contributed by atoms with Gasteiger partial charge in [0.05, 0.1) is 40.3 Å². The molecule has 9 nitrogen and oxygen atoms in total. The number of hydrogen-bond acceptors (Lipinski definition) is 8. The molecule has 3 amide bonds. The van der Waals surface area contributed by atoms with Crippen molar-refractivity contribution in [3.63, 3.8) is 0 Å². The fourth-order valence-electron chi connectivity index (χ4n) is 8.76. The second-order valence-corrected chi connectivity index (χ2v) is 15.7. The highest BCUT2D eigenvalue weighted by atomic mass is 32.2. The molecule has 3 aromatic carbocycles. The molecule has 0 spiro atoms. The van der Waals surface area contributed by atoms with Crippen molar-refractivity contribution in [3.05, 3.63) is 98.0 Å². The smallest absolute Gasteiger partial charge is 0.418 e. The first-order chi connectivity index (χ1) is 25.7. The van der Waals surface area contributed by atoms with Crippen LogP contribution in [0.25, 0.3) is 0 Å². The van der Waals surface area contributed by atoms with Crippen LogP contribution in [0.1, 0.15) is 40.8 Å². The molecule has 0 radical (unpaired) electrons. The second kappa shape index (κ2) is 13.2. The van der Waals surface area contributed by atoms with E-state index in [2.05, 4.69) is 10.3 Å². The number of halogens is 6. The van der Waals surface area contributed by atoms with Gasteiger partial charge in [0.25, 0.3) is 5.91 Å². The Labute approximate surface area is 311 Å². The Morgan fingerprint density at radius 1 is 0.889 bits per heavy atom. The number of benzene rings is 3. The van der Waals surface area contributed by atoms with Crippen molar-refractivity contribution in [2.24, 2.45) is 29.6 Å². The number of para-hydroxylation sites is 1. The third-order valence-corrected chi connectivity index (χ3v) is 13.2. The summed E-state index contributed by atoms with van der Waals surface area (Å²) in [6, 6.07) is 13.8. The highest BCUT2D eigenvalue weighted by Gasteiger charge is 2.70. The summed E-state index contributed by atoms with van der Waals surface area (Å²) >= 11 is 2.45. The number of carbonyl (C=O) groups is 3. The molecule has 4 aliphatic rings. The number of imide groups is 1. The number of nitrogens with zero attached hydrogens (tertiary/aromatic N) is 1. The monoisotopic (exact) mass is 789 g/mol. The van der Waals surface area contributed by atoms with Crippen LogP contribution in [0, 0.1) is 29.6 Å². The van der Waals surface area contributed by atoms with Crippen LogP contribution in [-0.4, -0.2) is 41.2 Å². The van der Waals surface area contributed by atoms with E-state index in [0.717, 1.165) is 40.5 Å². The molecular weight excluding hydrogens is 761 g/mol. The van der Waals surface area contributed by atoms with E-state index in [1.807, 2.05) is 0 Å². The number of hydrogen-bond donors (Lipinski definition) is 2. The lowest BCUT2D eigenvalue weighted by Gasteiger charge is -2.43. The fraction of sp³-hybridized carbons (Fsp3) is 0.351. The van der Waals surface area contributed by atoms with Gasteiger partial charge in [-0.05, 0) is 79.1 Å². The summed E-state index contributed by atoms with van der Waals surface area (Å²) in [7, 11) is 0.